The van der Waals surface area contributed by atoms with E-state index in [1.165, 1.54) is 11.1 Å². The summed E-state index contributed by atoms with van der Waals surface area (Å²) in [5, 5.41) is 9.57. The second-order valence-electron chi connectivity index (χ2n) is 3.18. The lowest BCUT2D eigenvalue weighted by atomic mass is 10.3. The lowest BCUT2D eigenvalue weighted by Crippen LogP contribution is -1.96. The van der Waals surface area contributed by atoms with E-state index >= 15 is 0 Å². The van der Waals surface area contributed by atoms with Gasteiger partial charge in [0.2, 0.25) is 0 Å². The molecule has 0 saturated heterocycles. The highest BCUT2D eigenvalue weighted by Gasteiger charge is 2.04. The molecule has 0 atom stereocenters. The molecule has 2 heterocycles. The van der Waals surface area contributed by atoms with Crippen LogP contribution in [0.25, 0.3) is 0 Å². The van der Waals surface area contributed by atoms with Crippen LogP contribution in [0.1, 0.15) is 15.2 Å². The number of thioether (sulfide) groups is 1. The zero-order chi connectivity index (χ0) is 12.3. The van der Waals surface area contributed by atoms with Crippen molar-refractivity contribution >= 4 is 45.0 Å². The number of carboxylic acids is 1. The van der Waals surface area contributed by atoms with E-state index in [9.17, 15) is 4.79 Å². The summed E-state index contributed by atoms with van der Waals surface area (Å²) in [4.78, 5) is 16.0. The topological polar surface area (TPSA) is 50.2 Å². The molecule has 0 aromatic carbocycles. The SMILES string of the molecule is O=C(O)c1ccc(SCc2ccc(Br)s2)nc1. The summed E-state index contributed by atoms with van der Waals surface area (Å²) in [5.41, 5.74) is 0.216. The van der Waals surface area contributed by atoms with E-state index in [0.29, 0.717) is 0 Å². The van der Waals surface area contributed by atoms with Crippen molar-refractivity contribution in [2.45, 2.75) is 10.8 Å². The smallest absolute Gasteiger partial charge is 0.337 e. The van der Waals surface area contributed by atoms with Crippen LogP contribution in [0.3, 0.4) is 0 Å². The number of hydrogen-bond donors (Lipinski definition) is 1. The van der Waals surface area contributed by atoms with E-state index in [1.54, 1.807) is 35.2 Å². The van der Waals surface area contributed by atoms with Gasteiger partial charge in [-0.2, -0.15) is 0 Å². The summed E-state index contributed by atoms with van der Waals surface area (Å²) in [5.74, 6) is -0.105. The standard InChI is InChI=1S/C11H8BrNO2S2/c12-9-3-2-8(17-9)6-16-10-4-1-7(5-13-10)11(14)15/h1-5H,6H2,(H,14,15). The highest BCUT2D eigenvalue weighted by molar-refractivity contribution is 9.11. The zero-order valence-corrected chi connectivity index (χ0v) is 11.8. The van der Waals surface area contributed by atoms with Gasteiger partial charge >= 0.3 is 5.97 Å². The average molecular weight is 330 g/mol. The van der Waals surface area contributed by atoms with Gasteiger partial charge in [0.05, 0.1) is 14.4 Å². The van der Waals surface area contributed by atoms with Crippen LogP contribution in [0.4, 0.5) is 0 Å². The number of aromatic nitrogens is 1. The fourth-order valence-electron chi connectivity index (χ4n) is 1.17. The fourth-order valence-corrected chi connectivity index (χ4v) is 3.54. The second-order valence-corrected chi connectivity index (χ2v) is 6.73. The van der Waals surface area contributed by atoms with Crippen LogP contribution >= 0.6 is 39.0 Å². The van der Waals surface area contributed by atoms with Gasteiger partial charge in [0, 0.05) is 16.8 Å². The Morgan fingerprint density at radius 3 is 2.76 bits per heavy atom. The number of carboxylic acid groups (broad SMARTS) is 1. The Labute approximate surface area is 115 Å². The molecule has 17 heavy (non-hydrogen) atoms. The molecule has 0 saturated carbocycles. The van der Waals surface area contributed by atoms with Crippen molar-refractivity contribution in [3.63, 3.8) is 0 Å². The number of nitrogens with zero attached hydrogens (tertiary/aromatic N) is 1. The average Bonchev–Trinajstić information content (AvgIpc) is 2.73. The highest BCUT2D eigenvalue weighted by Crippen LogP contribution is 2.28. The van der Waals surface area contributed by atoms with Gasteiger partial charge < -0.3 is 5.11 Å². The quantitative estimate of drug-likeness (QED) is 0.864. The van der Waals surface area contributed by atoms with Crippen LogP contribution in [0, 0.1) is 0 Å². The first kappa shape index (κ1) is 12.6. The second kappa shape index (κ2) is 5.66. The molecule has 0 aliphatic rings. The first-order chi connectivity index (χ1) is 8.15. The minimum Gasteiger partial charge on any atom is -0.478 e. The minimum atomic E-state index is -0.948. The normalized spacial score (nSPS) is 10.4. The summed E-state index contributed by atoms with van der Waals surface area (Å²) in [6.07, 6.45) is 1.38. The molecule has 0 amide bonds. The van der Waals surface area contributed by atoms with E-state index in [0.717, 1.165) is 14.6 Å². The van der Waals surface area contributed by atoms with E-state index in [4.69, 9.17) is 5.11 Å². The van der Waals surface area contributed by atoms with Crippen molar-refractivity contribution < 1.29 is 9.90 Å². The zero-order valence-electron chi connectivity index (χ0n) is 8.59. The molecule has 0 fully saturated rings. The molecule has 0 spiro atoms. The van der Waals surface area contributed by atoms with Crippen molar-refractivity contribution in [2.75, 3.05) is 0 Å². The monoisotopic (exact) mass is 329 g/mol. The van der Waals surface area contributed by atoms with Crippen LogP contribution in [0.5, 0.6) is 0 Å². The Morgan fingerprint density at radius 1 is 1.41 bits per heavy atom. The largest absolute Gasteiger partial charge is 0.478 e. The predicted octanol–water partition coefficient (Wildman–Crippen LogP) is 3.90. The Bertz CT molecular complexity index is 525. The molecule has 2 rings (SSSR count). The maximum absolute atomic E-state index is 10.6. The lowest BCUT2D eigenvalue weighted by molar-refractivity contribution is 0.0696. The van der Waals surface area contributed by atoms with Crippen molar-refractivity contribution in [3.05, 3.63) is 44.7 Å². The number of hydrogen-bond acceptors (Lipinski definition) is 4. The van der Waals surface area contributed by atoms with Crippen molar-refractivity contribution in [3.8, 4) is 0 Å². The molecular weight excluding hydrogens is 322 g/mol. The van der Waals surface area contributed by atoms with Crippen molar-refractivity contribution in [2.24, 2.45) is 0 Å². The van der Waals surface area contributed by atoms with E-state index in [1.807, 2.05) is 6.07 Å². The number of halogens is 1. The number of rotatable bonds is 4. The van der Waals surface area contributed by atoms with Crippen molar-refractivity contribution in [1.82, 2.24) is 4.98 Å². The van der Waals surface area contributed by atoms with Gasteiger partial charge in [-0.05, 0) is 40.2 Å². The first-order valence-electron chi connectivity index (χ1n) is 4.71. The van der Waals surface area contributed by atoms with E-state index in [2.05, 4.69) is 27.0 Å². The van der Waals surface area contributed by atoms with Gasteiger partial charge in [0.1, 0.15) is 0 Å². The molecule has 0 aliphatic heterocycles. The Morgan fingerprint density at radius 2 is 2.24 bits per heavy atom. The molecule has 88 valence electrons. The van der Waals surface area contributed by atoms with E-state index in [-0.39, 0.29) is 5.56 Å². The molecule has 0 radical (unpaired) electrons. The van der Waals surface area contributed by atoms with Crippen LogP contribution in [0.2, 0.25) is 0 Å². The van der Waals surface area contributed by atoms with Gasteiger partial charge in [0.15, 0.2) is 0 Å². The Balaban J connectivity index is 1.97. The number of aromatic carboxylic acids is 1. The predicted molar refractivity (Wildman–Crippen MR) is 72.8 cm³/mol. The third-order valence-corrected chi connectivity index (χ3v) is 4.77. The van der Waals surface area contributed by atoms with Gasteiger partial charge in [-0.3, -0.25) is 0 Å². The molecule has 2 aromatic heterocycles. The number of carbonyl (C=O) groups is 1. The third-order valence-electron chi connectivity index (χ3n) is 1.97. The van der Waals surface area contributed by atoms with E-state index < -0.39 is 5.97 Å². The molecule has 6 heteroatoms. The molecule has 0 bridgehead atoms. The fraction of sp³-hybridized carbons (Fsp3) is 0.0909. The number of pyridine rings is 1. The van der Waals surface area contributed by atoms with Gasteiger partial charge in [0.25, 0.3) is 0 Å². The lowest BCUT2D eigenvalue weighted by Gasteiger charge is -1.99. The highest BCUT2D eigenvalue weighted by atomic mass is 79.9. The third kappa shape index (κ3) is 3.55. The molecule has 0 aliphatic carbocycles. The summed E-state index contributed by atoms with van der Waals surface area (Å²) >= 11 is 6.69. The maximum Gasteiger partial charge on any atom is 0.337 e. The minimum absolute atomic E-state index is 0.216. The van der Waals surface area contributed by atoms with Crippen LogP contribution in [0.15, 0.2) is 39.3 Å². The summed E-state index contributed by atoms with van der Waals surface area (Å²) in [7, 11) is 0. The molecular formula is C11H8BrNO2S2. The van der Waals surface area contributed by atoms with Crippen LogP contribution in [-0.4, -0.2) is 16.1 Å². The Kier molecular flexibility index (Phi) is 4.20. The van der Waals surface area contributed by atoms with Gasteiger partial charge in [-0.25, -0.2) is 9.78 Å². The van der Waals surface area contributed by atoms with Gasteiger partial charge in [-0.15, -0.1) is 23.1 Å². The summed E-state index contributed by atoms with van der Waals surface area (Å²) < 4.78 is 1.11. The molecule has 3 nitrogen and oxygen atoms in total. The summed E-state index contributed by atoms with van der Waals surface area (Å²) in [6.45, 7) is 0. The summed E-state index contributed by atoms with van der Waals surface area (Å²) in [6, 6.07) is 7.38. The van der Waals surface area contributed by atoms with Gasteiger partial charge in [-0.1, -0.05) is 0 Å². The molecule has 2 aromatic rings. The van der Waals surface area contributed by atoms with Crippen LogP contribution < -0.4 is 0 Å². The molecule has 1 N–H and O–H groups in total. The first-order valence-corrected chi connectivity index (χ1v) is 7.31. The number of thiophene rings is 1. The maximum atomic E-state index is 10.6. The van der Waals surface area contributed by atoms with Crippen molar-refractivity contribution in [1.29, 1.82) is 0 Å². The Hall–Kier alpha value is -0.850. The van der Waals surface area contributed by atoms with Crippen LogP contribution in [-0.2, 0) is 5.75 Å². The molecule has 0 unspecified atom stereocenters.